The first-order valence-corrected chi connectivity index (χ1v) is 11.7. The number of fused-ring (bicyclic) bond motifs is 1. The van der Waals surface area contributed by atoms with Crippen molar-refractivity contribution in [2.24, 2.45) is 0 Å². The number of piperazine rings is 1. The van der Waals surface area contributed by atoms with Crippen molar-refractivity contribution in [1.29, 1.82) is 0 Å². The molecule has 1 aliphatic heterocycles. The zero-order valence-electron chi connectivity index (χ0n) is 19.8. The van der Waals surface area contributed by atoms with Crippen molar-refractivity contribution < 1.29 is 4.74 Å². The highest BCUT2D eigenvalue weighted by molar-refractivity contribution is 6.36. The van der Waals surface area contributed by atoms with Crippen molar-refractivity contribution in [1.82, 2.24) is 30.0 Å². The quantitative estimate of drug-likeness (QED) is 0.373. The summed E-state index contributed by atoms with van der Waals surface area (Å²) in [7, 11) is 2.13. The first kappa shape index (κ1) is 22.5. The third-order valence-corrected chi connectivity index (χ3v) is 6.38. The van der Waals surface area contributed by atoms with Gasteiger partial charge in [0, 0.05) is 66.5 Å². The third-order valence-electron chi connectivity index (χ3n) is 5.99. The predicted molar refractivity (Wildman–Crippen MR) is 136 cm³/mol. The molecule has 3 N–H and O–H groups in total. The fourth-order valence-corrected chi connectivity index (χ4v) is 4.14. The van der Waals surface area contributed by atoms with Crippen LogP contribution in [0.4, 0.5) is 17.6 Å². The molecule has 0 amide bonds. The first-order chi connectivity index (χ1) is 16.3. The molecule has 4 heterocycles. The SMILES string of the molecule is CN1CCN(c2cc(Oc3ccc4[nH]ccc4c3Cl)nc(Nc3cc(C(C)(C)C)[nH]n3)n2)CC1. The van der Waals surface area contributed by atoms with Crippen molar-refractivity contribution in [2.75, 3.05) is 43.4 Å². The lowest BCUT2D eigenvalue weighted by atomic mass is 9.92. The minimum absolute atomic E-state index is 0.0443. The van der Waals surface area contributed by atoms with Gasteiger partial charge >= 0.3 is 0 Å². The number of anilines is 3. The number of likely N-dealkylation sites (N-methyl/N-ethyl adjacent to an activating group) is 1. The lowest BCUT2D eigenvalue weighted by Crippen LogP contribution is -2.44. The van der Waals surface area contributed by atoms with E-state index < -0.39 is 0 Å². The van der Waals surface area contributed by atoms with Crippen LogP contribution >= 0.6 is 11.6 Å². The molecule has 10 heteroatoms. The van der Waals surface area contributed by atoms with Gasteiger partial charge < -0.3 is 24.8 Å². The number of H-pyrrole nitrogens is 2. The monoisotopic (exact) mass is 480 g/mol. The second-order valence-electron chi connectivity index (χ2n) is 9.64. The molecule has 4 aromatic rings. The Hall–Kier alpha value is -3.30. The molecule has 0 bridgehead atoms. The largest absolute Gasteiger partial charge is 0.437 e. The highest BCUT2D eigenvalue weighted by Gasteiger charge is 2.20. The van der Waals surface area contributed by atoms with E-state index in [-0.39, 0.29) is 5.41 Å². The number of nitrogens with zero attached hydrogens (tertiary/aromatic N) is 5. The number of halogens is 1. The third kappa shape index (κ3) is 4.67. The molecule has 0 saturated carbocycles. The molecule has 1 saturated heterocycles. The van der Waals surface area contributed by atoms with Gasteiger partial charge in [0.15, 0.2) is 5.82 Å². The van der Waals surface area contributed by atoms with Gasteiger partial charge in [0.05, 0.1) is 5.02 Å². The summed E-state index contributed by atoms with van der Waals surface area (Å²) in [6.45, 7) is 10.1. The molecule has 0 unspecified atom stereocenters. The normalized spacial score (nSPS) is 15.1. The van der Waals surface area contributed by atoms with E-state index in [0.717, 1.165) is 48.6 Å². The van der Waals surface area contributed by atoms with Crippen molar-refractivity contribution >= 4 is 40.1 Å². The Morgan fingerprint density at radius 2 is 1.85 bits per heavy atom. The van der Waals surface area contributed by atoms with Crippen molar-refractivity contribution in [3.63, 3.8) is 0 Å². The molecular formula is C24H29ClN8O. The smallest absolute Gasteiger partial charge is 0.233 e. The fraction of sp³-hybridized carbons (Fsp3) is 0.375. The first-order valence-electron chi connectivity index (χ1n) is 11.4. The van der Waals surface area contributed by atoms with Crippen LogP contribution in [0.1, 0.15) is 26.5 Å². The summed E-state index contributed by atoms with van der Waals surface area (Å²) in [5.41, 5.74) is 1.93. The van der Waals surface area contributed by atoms with E-state index in [1.807, 2.05) is 36.5 Å². The Balaban J connectivity index is 1.47. The van der Waals surface area contributed by atoms with Crippen LogP contribution in [0.25, 0.3) is 10.9 Å². The number of aromatic nitrogens is 5. The minimum atomic E-state index is -0.0443. The maximum absolute atomic E-state index is 6.62. The molecule has 1 aromatic carbocycles. The highest BCUT2D eigenvalue weighted by atomic mass is 35.5. The topological polar surface area (TPSA) is 98.0 Å². The van der Waals surface area contributed by atoms with Crippen LogP contribution in [-0.2, 0) is 5.41 Å². The number of rotatable bonds is 5. The number of ether oxygens (including phenoxy) is 1. The van der Waals surface area contributed by atoms with Gasteiger partial charge in [0.1, 0.15) is 11.6 Å². The van der Waals surface area contributed by atoms with Crippen molar-refractivity contribution in [2.45, 2.75) is 26.2 Å². The molecule has 1 aliphatic rings. The maximum Gasteiger partial charge on any atom is 0.233 e. The Morgan fingerprint density at radius 3 is 2.59 bits per heavy atom. The Morgan fingerprint density at radius 1 is 1.06 bits per heavy atom. The molecule has 1 fully saturated rings. The van der Waals surface area contributed by atoms with E-state index in [9.17, 15) is 0 Å². The van der Waals surface area contributed by atoms with E-state index >= 15 is 0 Å². The van der Waals surface area contributed by atoms with Crippen LogP contribution < -0.4 is 15.0 Å². The van der Waals surface area contributed by atoms with Gasteiger partial charge in [-0.2, -0.15) is 15.1 Å². The number of benzene rings is 1. The molecule has 9 nitrogen and oxygen atoms in total. The summed E-state index contributed by atoms with van der Waals surface area (Å²) in [6, 6.07) is 9.55. The zero-order chi connectivity index (χ0) is 23.9. The number of aromatic amines is 2. The van der Waals surface area contributed by atoms with Crippen LogP contribution in [0.3, 0.4) is 0 Å². The van der Waals surface area contributed by atoms with Crippen LogP contribution in [0.2, 0.25) is 5.02 Å². The Kier molecular flexibility index (Phi) is 5.83. The van der Waals surface area contributed by atoms with E-state index in [1.165, 1.54) is 0 Å². The number of hydrogen-bond acceptors (Lipinski definition) is 7. The van der Waals surface area contributed by atoms with Crippen molar-refractivity contribution in [3.05, 3.63) is 47.2 Å². The van der Waals surface area contributed by atoms with Gasteiger partial charge in [0.25, 0.3) is 0 Å². The summed E-state index contributed by atoms with van der Waals surface area (Å²) in [4.78, 5) is 17.1. The predicted octanol–water partition coefficient (Wildman–Crippen LogP) is 4.92. The average Bonchev–Trinajstić information content (AvgIpc) is 3.46. The molecular weight excluding hydrogens is 452 g/mol. The van der Waals surface area contributed by atoms with Gasteiger partial charge in [-0.3, -0.25) is 5.10 Å². The van der Waals surface area contributed by atoms with Crippen LogP contribution in [-0.4, -0.2) is 63.3 Å². The summed E-state index contributed by atoms with van der Waals surface area (Å²) in [5.74, 6) is 2.81. The minimum Gasteiger partial charge on any atom is -0.437 e. The summed E-state index contributed by atoms with van der Waals surface area (Å²) < 4.78 is 6.17. The fourth-order valence-electron chi connectivity index (χ4n) is 3.87. The molecule has 0 spiro atoms. The summed E-state index contributed by atoms with van der Waals surface area (Å²) in [6.07, 6.45) is 1.86. The standard InChI is InChI=1S/C24H29ClN8O/c1-24(2,3)18-13-19(31-30-18)27-23-28-20(33-11-9-32(4)10-12-33)14-21(29-23)34-17-6-5-16-15(22(17)25)7-8-26-16/h5-8,13-14,26H,9-12H2,1-4H3,(H2,27,28,29,30,31). The van der Waals surface area contributed by atoms with Crippen LogP contribution in [0, 0.1) is 0 Å². The van der Waals surface area contributed by atoms with E-state index in [4.69, 9.17) is 21.3 Å². The van der Waals surface area contributed by atoms with Gasteiger partial charge in [0.2, 0.25) is 11.8 Å². The highest BCUT2D eigenvalue weighted by Crippen LogP contribution is 2.36. The zero-order valence-corrected chi connectivity index (χ0v) is 20.6. The Labute approximate surface area is 203 Å². The molecule has 5 rings (SSSR count). The molecule has 3 aromatic heterocycles. The van der Waals surface area contributed by atoms with Gasteiger partial charge in [-0.1, -0.05) is 32.4 Å². The molecule has 0 aliphatic carbocycles. The van der Waals surface area contributed by atoms with Crippen LogP contribution in [0.15, 0.2) is 36.5 Å². The van der Waals surface area contributed by atoms with Gasteiger partial charge in [-0.25, -0.2) is 0 Å². The summed E-state index contributed by atoms with van der Waals surface area (Å²) >= 11 is 6.62. The molecule has 34 heavy (non-hydrogen) atoms. The lowest BCUT2D eigenvalue weighted by Gasteiger charge is -2.33. The maximum atomic E-state index is 6.62. The van der Waals surface area contributed by atoms with Crippen LogP contribution in [0.5, 0.6) is 11.6 Å². The lowest BCUT2D eigenvalue weighted by molar-refractivity contribution is 0.312. The average molecular weight is 481 g/mol. The molecule has 0 atom stereocenters. The van der Waals surface area contributed by atoms with Gasteiger partial charge in [-0.05, 0) is 25.2 Å². The Bertz CT molecular complexity index is 1300. The van der Waals surface area contributed by atoms with E-state index in [0.29, 0.717) is 28.4 Å². The summed E-state index contributed by atoms with van der Waals surface area (Å²) in [5, 5.41) is 12.1. The second kappa shape index (κ2) is 8.81. The van der Waals surface area contributed by atoms with E-state index in [1.54, 1.807) is 0 Å². The number of hydrogen-bond donors (Lipinski definition) is 3. The molecule has 178 valence electrons. The van der Waals surface area contributed by atoms with E-state index in [2.05, 4.69) is 63.1 Å². The second-order valence-corrected chi connectivity index (χ2v) is 10.0. The van der Waals surface area contributed by atoms with Gasteiger partial charge in [-0.15, -0.1) is 0 Å². The van der Waals surface area contributed by atoms with Crippen molar-refractivity contribution in [3.8, 4) is 11.6 Å². The molecule has 0 radical (unpaired) electrons. The number of nitrogens with one attached hydrogen (secondary N) is 3.